The molecule has 2 aromatic heterocycles. The third-order valence-corrected chi connectivity index (χ3v) is 9.44. The number of imidazole rings is 1. The Balaban J connectivity index is 1.30. The Kier molecular flexibility index (Phi) is 5.89. The topological polar surface area (TPSA) is 41.0 Å². The summed E-state index contributed by atoms with van der Waals surface area (Å²) in [6.07, 6.45) is 5.24. The number of hydrogen-bond acceptors (Lipinski definition) is 3. The van der Waals surface area contributed by atoms with Crippen LogP contribution in [-0.2, 0) is 6.42 Å². The number of nitrogens with zero attached hydrogens (tertiary/aromatic N) is 2. The van der Waals surface area contributed by atoms with Crippen LogP contribution in [-0.4, -0.2) is 15.7 Å². The van der Waals surface area contributed by atoms with Crippen molar-refractivity contribution in [1.82, 2.24) is 9.97 Å². The first-order valence-electron chi connectivity index (χ1n) is 14.1. The fourth-order valence-electron chi connectivity index (χ4n) is 5.96. The number of aromatic amines is 1. The van der Waals surface area contributed by atoms with Crippen molar-refractivity contribution >= 4 is 54.4 Å². The molecule has 0 fully saturated rings. The molecule has 39 heavy (non-hydrogen) atoms. The number of fused-ring (bicyclic) bond motifs is 7. The van der Waals surface area contributed by atoms with Crippen molar-refractivity contribution in [2.45, 2.75) is 52.9 Å². The van der Waals surface area contributed by atoms with Crippen LogP contribution in [0.3, 0.4) is 0 Å². The van der Waals surface area contributed by atoms with E-state index < -0.39 is 0 Å². The van der Waals surface area contributed by atoms with Crippen LogP contribution in [0.2, 0.25) is 0 Å². The smallest absolute Gasteiger partial charge is 0.109 e. The van der Waals surface area contributed by atoms with E-state index in [1.807, 2.05) is 17.5 Å². The van der Waals surface area contributed by atoms with Gasteiger partial charge in [0.25, 0.3) is 0 Å². The fraction of sp³-hybridized carbons (Fsp3) is 0.257. The van der Waals surface area contributed by atoms with Crippen molar-refractivity contribution in [3.8, 4) is 22.4 Å². The summed E-state index contributed by atoms with van der Waals surface area (Å²) < 4.78 is 1.35. The predicted octanol–water partition coefficient (Wildman–Crippen LogP) is 10.5. The van der Waals surface area contributed by atoms with E-state index in [1.165, 1.54) is 65.3 Å². The van der Waals surface area contributed by atoms with E-state index in [0.717, 1.165) is 30.8 Å². The summed E-state index contributed by atoms with van der Waals surface area (Å²) in [7, 11) is 0. The Morgan fingerprint density at radius 2 is 1.56 bits per heavy atom. The Morgan fingerprint density at radius 1 is 0.821 bits per heavy atom. The van der Waals surface area contributed by atoms with Crippen LogP contribution in [0.1, 0.15) is 57.8 Å². The average molecular weight is 528 g/mol. The molecule has 0 spiro atoms. The van der Waals surface area contributed by atoms with Gasteiger partial charge in [0, 0.05) is 32.7 Å². The van der Waals surface area contributed by atoms with Crippen molar-refractivity contribution in [1.29, 1.82) is 0 Å². The molecule has 1 atom stereocenters. The van der Waals surface area contributed by atoms with E-state index in [2.05, 4.69) is 104 Å². The highest BCUT2D eigenvalue weighted by atomic mass is 32.1. The van der Waals surface area contributed by atoms with E-state index >= 15 is 0 Å². The molecule has 0 aliphatic carbocycles. The summed E-state index contributed by atoms with van der Waals surface area (Å²) in [5.74, 6) is 1.96. The molecule has 0 saturated heterocycles. The number of thiophene rings is 1. The molecular formula is C35H33N3S. The van der Waals surface area contributed by atoms with Crippen LogP contribution < -0.4 is 0 Å². The minimum atomic E-state index is 0.389. The van der Waals surface area contributed by atoms with Gasteiger partial charge in [-0.25, -0.2) is 4.98 Å². The molecule has 194 valence electrons. The van der Waals surface area contributed by atoms with Crippen molar-refractivity contribution in [3.63, 3.8) is 0 Å². The van der Waals surface area contributed by atoms with E-state index in [0.29, 0.717) is 11.8 Å². The van der Waals surface area contributed by atoms with Crippen LogP contribution in [0.4, 0.5) is 5.69 Å². The summed E-state index contributed by atoms with van der Waals surface area (Å²) in [5, 5.41) is 8.74. The molecule has 1 aliphatic heterocycles. The van der Waals surface area contributed by atoms with Gasteiger partial charge in [-0.05, 0) is 87.7 Å². The molecule has 1 aliphatic rings. The van der Waals surface area contributed by atoms with E-state index in [1.54, 1.807) is 0 Å². The Morgan fingerprint density at radius 3 is 2.33 bits per heavy atom. The van der Waals surface area contributed by atoms with Gasteiger partial charge in [-0.15, -0.1) is 11.3 Å². The number of aryl methyl sites for hydroxylation is 1. The number of rotatable bonds is 5. The lowest BCUT2D eigenvalue weighted by Crippen LogP contribution is -2.14. The van der Waals surface area contributed by atoms with E-state index in [-0.39, 0.29) is 0 Å². The molecule has 3 nitrogen and oxygen atoms in total. The molecule has 0 radical (unpaired) electrons. The second kappa shape index (κ2) is 9.46. The van der Waals surface area contributed by atoms with Crippen molar-refractivity contribution in [2.24, 2.45) is 10.9 Å². The summed E-state index contributed by atoms with van der Waals surface area (Å²) >= 11 is 1.84. The average Bonchev–Trinajstić information content (AvgIpc) is 3.67. The van der Waals surface area contributed by atoms with Gasteiger partial charge in [0.2, 0.25) is 0 Å². The van der Waals surface area contributed by atoms with Crippen molar-refractivity contribution < 1.29 is 0 Å². The molecule has 4 heteroatoms. The minimum Gasteiger partial charge on any atom is -0.342 e. The van der Waals surface area contributed by atoms with Gasteiger partial charge in [-0.3, -0.25) is 4.99 Å². The largest absolute Gasteiger partial charge is 0.342 e. The Bertz CT molecular complexity index is 1900. The quantitative estimate of drug-likeness (QED) is 0.238. The number of hydrogen-bond donors (Lipinski definition) is 1. The van der Waals surface area contributed by atoms with Gasteiger partial charge < -0.3 is 4.98 Å². The second-order valence-electron chi connectivity index (χ2n) is 11.3. The second-order valence-corrected chi connectivity index (χ2v) is 12.2. The van der Waals surface area contributed by atoms with Crippen LogP contribution in [0, 0.1) is 5.92 Å². The first kappa shape index (κ1) is 24.3. The SMILES string of the molecule is CCC(C)C1=Nc2c(c3ccc(-c4ccc5cc(-c6cnc(C(C)C)[nH]6)ccc5c4)cc3c3sccc23)CC1. The lowest BCUT2D eigenvalue weighted by Gasteiger charge is -2.22. The summed E-state index contributed by atoms with van der Waals surface area (Å²) in [6, 6.07) is 22.8. The van der Waals surface area contributed by atoms with E-state index in [9.17, 15) is 0 Å². The molecule has 7 rings (SSSR count). The molecule has 1 unspecified atom stereocenters. The Labute approximate surface area is 233 Å². The van der Waals surface area contributed by atoms with Gasteiger partial charge in [0.05, 0.1) is 17.6 Å². The number of nitrogens with one attached hydrogen (secondary N) is 1. The lowest BCUT2D eigenvalue weighted by molar-refractivity contribution is 0.715. The Hall–Kier alpha value is -3.76. The zero-order valence-electron chi connectivity index (χ0n) is 23.0. The monoisotopic (exact) mass is 527 g/mol. The third-order valence-electron chi connectivity index (χ3n) is 8.49. The number of aliphatic imine (C=N–C) groups is 1. The minimum absolute atomic E-state index is 0.389. The molecular weight excluding hydrogens is 494 g/mol. The molecule has 6 aromatic rings. The van der Waals surface area contributed by atoms with Gasteiger partial charge in [-0.1, -0.05) is 64.1 Å². The zero-order valence-corrected chi connectivity index (χ0v) is 23.8. The molecule has 0 saturated carbocycles. The van der Waals surface area contributed by atoms with E-state index in [4.69, 9.17) is 4.99 Å². The molecule has 3 heterocycles. The lowest BCUT2D eigenvalue weighted by atomic mass is 9.88. The maximum atomic E-state index is 5.24. The zero-order chi connectivity index (χ0) is 26.7. The summed E-state index contributed by atoms with van der Waals surface area (Å²) in [6.45, 7) is 8.89. The fourth-order valence-corrected chi connectivity index (χ4v) is 6.89. The number of benzene rings is 4. The number of H-pyrrole nitrogens is 1. The summed E-state index contributed by atoms with van der Waals surface area (Å²) in [4.78, 5) is 13.3. The first-order valence-corrected chi connectivity index (χ1v) is 15.0. The van der Waals surface area contributed by atoms with Crippen LogP contribution in [0.15, 0.2) is 77.2 Å². The maximum Gasteiger partial charge on any atom is 0.109 e. The van der Waals surface area contributed by atoms with Crippen LogP contribution in [0.5, 0.6) is 0 Å². The molecule has 0 amide bonds. The summed E-state index contributed by atoms with van der Waals surface area (Å²) in [5.41, 5.74) is 8.75. The van der Waals surface area contributed by atoms with Crippen LogP contribution in [0.25, 0.3) is 54.0 Å². The third kappa shape index (κ3) is 4.09. The van der Waals surface area contributed by atoms with Crippen molar-refractivity contribution in [3.05, 3.63) is 83.6 Å². The van der Waals surface area contributed by atoms with Gasteiger partial charge in [-0.2, -0.15) is 0 Å². The number of aromatic nitrogens is 2. The van der Waals surface area contributed by atoms with Gasteiger partial charge in [0.15, 0.2) is 0 Å². The molecule has 4 aromatic carbocycles. The standard InChI is InChI=1S/C35H33N3S/c1-5-21(4)31-13-12-28-27-11-10-25(18-30(27)34-29(14-15-39-34)33(28)37-31)23-6-7-24-17-26(9-8-22(24)16-23)32-19-36-35(38-32)20(2)3/h6-11,14-21H,5,12-13H2,1-4H3,(H,36,38). The molecule has 0 bridgehead atoms. The highest BCUT2D eigenvalue weighted by Gasteiger charge is 2.22. The first-order chi connectivity index (χ1) is 19.0. The van der Waals surface area contributed by atoms with Crippen molar-refractivity contribution in [2.75, 3.05) is 0 Å². The van der Waals surface area contributed by atoms with Gasteiger partial charge in [0.1, 0.15) is 5.82 Å². The predicted molar refractivity (Wildman–Crippen MR) is 169 cm³/mol. The maximum absolute atomic E-state index is 5.24. The normalized spacial score (nSPS) is 14.3. The van der Waals surface area contributed by atoms with Gasteiger partial charge >= 0.3 is 0 Å². The molecule has 1 N–H and O–H groups in total. The highest BCUT2D eigenvalue weighted by Crippen LogP contribution is 2.45. The van der Waals surface area contributed by atoms with Crippen LogP contribution >= 0.6 is 11.3 Å². The highest BCUT2D eigenvalue weighted by molar-refractivity contribution is 7.18.